The highest BCUT2D eigenvalue weighted by molar-refractivity contribution is 5.01. The van der Waals surface area contributed by atoms with Gasteiger partial charge in [0.1, 0.15) is 12.6 Å². The number of hydrogen-bond acceptors (Lipinski definition) is 4. The first-order valence-electron chi connectivity index (χ1n) is 16.5. The van der Waals surface area contributed by atoms with Crippen LogP contribution in [0.3, 0.4) is 0 Å². The smallest absolute Gasteiger partial charge is 0.115 e. The molecule has 2 aliphatic carbocycles. The molecule has 4 rings (SSSR count). The minimum absolute atomic E-state index is 0.126. The van der Waals surface area contributed by atoms with Gasteiger partial charge in [0, 0.05) is 47.6 Å². The second kappa shape index (κ2) is 11.6. The van der Waals surface area contributed by atoms with Crippen LogP contribution in [0.25, 0.3) is 0 Å². The summed E-state index contributed by atoms with van der Waals surface area (Å²) in [4.78, 5) is 0. The fraction of sp³-hybridized carbons (Fsp3) is 1.00. The van der Waals surface area contributed by atoms with Crippen LogP contribution in [0.2, 0.25) is 0 Å². The fourth-order valence-electron chi connectivity index (χ4n) is 10.3. The summed E-state index contributed by atoms with van der Waals surface area (Å²) in [7, 11) is 0. The topological polar surface area (TPSA) is 56.3 Å². The van der Waals surface area contributed by atoms with Crippen molar-refractivity contribution in [3.63, 3.8) is 0 Å². The Morgan fingerprint density at radius 2 is 1.03 bits per heavy atom. The molecule has 4 aliphatic rings. The number of aliphatic hydroxyl groups excluding tert-OH is 1. The first kappa shape index (κ1) is 30.8. The fourth-order valence-corrected chi connectivity index (χ4v) is 10.3. The van der Waals surface area contributed by atoms with Crippen molar-refractivity contribution in [2.75, 3.05) is 13.1 Å². The highest BCUT2D eigenvalue weighted by Gasteiger charge is 2.55. The minimum atomic E-state index is -0.291. The van der Waals surface area contributed by atoms with Crippen molar-refractivity contribution in [1.82, 2.24) is 16.0 Å². The first-order valence-corrected chi connectivity index (χ1v) is 16.5. The van der Waals surface area contributed by atoms with E-state index in [2.05, 4.69) is 71.3 Å². The molecule has 0 spiro atoms. The number of rotatable bonds is 8. The summed E-state index contributed by atoms with van der Waals surface area (Å²) in [6, 6.07) is 2.51. The van der Waals surface area contributed by atoms with Crippen LogP contribution in [0, 0.1) is 0 Å². The van der Waals surface area contributed by atoms with E-state index >= 15 is 0 Å². The van der Waals surface area contributed by atoms with Gasteiger partial charge in [0.25, 0.3) is 0 Å². The predicted octanol–water partition coefficient (Wildman–Crippen LogP) is 6.04. The standard InChI is InChI=1S/C33H65N4O/c1-30(2)19-25(20-31(3,4)35-30)34-23-29(38)24-37(26-15-11-9-12-16-26,27-17-13-10-14-18-27)28-21-32(5,6)36-33(7,8)22-28/h25-29,34-36,38H,9-24H2,1-8H3/q+1. The van der Waals surface area contributed by atoms with Gasteiger partial charge < -0.3 is 25.5 Å². The van der Waals surface area contributed by atoms with Crippen molar-refractivity contribution in [3.8, 4) is 0 Å². The molecule has 0 radical (unpaired) electrons. The average Bonchev–Trinajstić information content (AvgIpc) is 2.78. The van der Waals surface area contributed by atoms with Crippen LogP contribution < -0.4 is 16.0 Å². The summed E-state index contributed by atoms with van der Waals surface area (Å²) in [5.74, 6) is 0. The molecule has 0 aromatic rings. The van der Waals surface area contributed by atoms with E-state index in [1.165, 1.54) is 81.5 Å². The van der Waals surface area contributed by atoms with Crippen molar-refractivity contribution in [2.45, 2.75) is 198 Å². The monoisotopic (exact) mass is 534 g/mol. The van der Waals surface area contributed by atoms with E-state index < -0.39 is 0 Å². The molecule has 2 aliphatic heterocycles. The summed E-state index contributed by atoms with van der Waals surface area (Å²) in [6.45, 7) is 20.7. The summed E-state index contributed by atoms with van der Waals surface area (Å²) in [6.07, 6.45) is 18.1. The lowest BCUT2D eigenvalue weighted by Gasteiger charge is -2.61. The number of nitrogens with zero attached hydrogens (tertiary/aromatic N) is 1. The van der Waals surface area contributed by atoms with E-state index in [4.69, 9.17) is 0 Å². The molecule has 2 saturated carbocycles. The van der Waals surface area contributed by atoms with Gasteiger partial charge in [-0.15, -0.1) is 0 Å². The third kappa shape index (κ3) is 7.55. The molecule has 222 valence electrons. The SMILES string of the molecule is CC1(C)CC(NCC(O)C[N+](C2CCCCC2)(C2CCCCC2)C2CC(C)(C)NC(C)(C)C2)CC(C)(C)N1. The molecule has 5 nitrogen and oxygen atoms in total. The number of piperidine rings is 2. The van der Waals surface area contributed by atoms with Crippen molar-refractivity contribution in [1.29, 1.82) is 0 Å². The second-order valence-corrected chi connectivity index (χ2v) is 16.8. The van der Waals surface area contributed by atoms with Gasteiger partial charge in [-0.25, -0.2) is 0 Å². The summed E-state index contributed by atoms with van der Waals surface area (Å²) < 4.78 is 1.21. The average molecular weight is 534 g/mol. The van der Waals surface area contributed by atoms with E-state index in [0.29, 0.717) is 24.2 Å². The molecule has 38 heavy (non-hydrogen) atoms. The van der Waals surface area contributed by atoms with Crippen LogP contribution in [0.4, 0.5) is 0 Å². The van der Waals surface area contributed by atoms with Crippen molar-refractivity contribution in [3.05, 3.63) is 0 Å². The normalized spacial score (nSPS) is 30.2. The van der Waals surface area contributed by atoms with Crippen LogP contribution in [0.5, 0.6) is 0 Å². The zero-order valence-electron chi connectivity index (χ0n) is 26.6. The van der Waals surface area contributed by atoms with Crippen LogP contribution >= 0.6 is 0 Å². The van der Waals surface area contributed by atoms with E-state index in [1.807, 2.05) is 0 Å². The Hall–Kier alpha value is -0.200. The Morgan fingerprint density at radius 1 is 0.632 bits per heavy atom. The van der Waals surface area contributed by atoms with Gasteiger partial charge in [0.05, 0.1) is 18.1 Å². The summed E-state index contributed by atoms with van der Waals surface area (Å²) >= 11 is 0. The Kier molecular flexibility index (Phi) is 9.38. The third-order valence-electron chi connectivity index (χ3n) is 10.7. The number of nitrogens with one attached hydrogen (secondary N) is 3. The Balaban J connectivity index is 1.60. The van der Waals surface area contributed by atoms with E-state index in [-0.39, 0.29) is 28.3 Å². The predicted molar refractivity (Wildman–Crippen MR) is 162 cm³/mol. The zero-order valence-corrected chi connectivity index (χ0v) is 26.6. The highest BCUT2D eigenvalue weighted by Crippen LogP contribution is 2.45. The van der Waals surface area contributed by atoms with E-state index in [0.717, 1.165) is 25.9 Å². The van der Waals surface area contributed by atoms with E-state index in [9.17, 15) is 5.11 Å². The largest absolute Gasteiger partial charge is 0.386 e. The van der Waals surface area contributed by atoms with Crippen LogP contribution in [0.1, 0.15) is 145 Å². The number of quaternary nitrogens is 1. The molecular weight excluding hydrogens is 468 g/mol. The molecule has 4 N–H and O–H groups in total. The molecule has 2 heterocycles. The van der Waals surface area contributed by atoms with Gasteiger partial charge in [-0.3, -0.25) is 0 Å². The molecule has 0 amide bonds. The molecule has 1 unspecified atom stereocenters. The third-order valence-corrected chi connectivity index (χ3v) is 10.7. The number of aliphatic hydroxyl groups is 1. The van der Waals surface area contributed by atoms with Crippen LogP contribution in [-0.4, -0.2) is 75.1 Å². The first-order chi connectivity index (χ1) is 17.6. The molecule has 5 heteroatoms. The Bertz CT molecular complexity index is 713. The molecule has 4 fully saturated rings. The molecule has 0 aromatic heterocycles. The van der Waals surface area contributed by atoms with Gasteiger partial charge in [0.2, 0.25) is 0 Å². The van der Waals surface area contributed by atoms with Crippen LogP contribution in [0.15, 0.2) is 0 Å². The minimum Gasteiger partial charge on any atom is -0.386 e. The van der Waals surface area contributed by atoms with Gasteiger partial charge in [-0.1, -0.05) is 12.8 Å². The van der Waals surface area contributed by atoms with Gasteiger partial charge >= 0.3 is 0 Å². The zero-order chi connectivity index (χ0) is 27.8. The lowest BCUT2D eigenvalue weighted by Crippen LogP contribution is -2.74. The second-order valence-electron chi connectivity index (χ2n) is 16.8. The maximum Gasteiger partial charge on any atom is 0.115 e. The quantitative estimate of drug-likeness (QED) is 0.288. The van der Waals surface area contributed by atoms with Crippen molar-refractivity contribution >= 4 is 0 Å². The molecule has 1 atom stereocenters. The molecular formula is C33H65N4O+. The van der Waals surface area contributed by atoms with Gasteiger partial charge in [0.15, 0.2) is 0 Å². The molecule has 0 aromatic carbocycles. The highest BCUT2D eigenvalue weighted by atomic mass is 16.3. The lowest BCUT2D eigenvalue weighted by molar-refractivity contribution is -1.00. The van der Waals surface area contributed by atoms with Crippen molar-refractivity contribution < 1.29 is 9.59 Å². The van der Waals surface area contributed by atoms with Crippen molar-refractivity contribution in [2.24, 2.45) is 0 Å². The summed E-state index contributed by atoms with van der Waals surface area (Å²) in [5, 5.41) is 23.6. The molecule has 0 bridgehead atoms. The van der Waals surface area contributed by atoms with E-state index in [1.54, 1.807) is 0 Å². The lowest BCUT2D eigenvalue weighted by atomic mass is 9.74. The Morgan fingerprint density at radius 3 is 1.45 bits per heavy atom. The summed E-state index contributed by atoms with van der Waals surface area (Å²) in [5.41, 5.74) is 0.519. The maximum atomic E-state index is 11.9. The van der Waals surface area contributed by atoms with Gasteiger partial charge in [-0.2, -0.15) is 0 Å². The van der Waals surface area contributed by atoms with Crippen LogP contribution in [-0.2, 0) is 0 Å². The Labute approximate surface area is 236 Å². The van der Waals surface area contributed by atoms with Gasteiger partial charge in [-0.05, 0) is 120 Å². The molecule has 2 saturated heterocycles. The maximum absolute atomic E-state index is 11.9. The number of hydrogen-bond donors (Lipinski definition) is 4.